The maximum atomic E-state index is 12.4. The molecule has 2 N–H and O–H groups in total. The van der Waals surface area contributed by atoms with E-state index in [4.69, 9.17) is 25.6 Å². The van der Waals surface area contributed by atoms with Gasteiger partial charge < -0.3 is 19.3 Å². The molecule has 1 amide bonds. The molecule has 13 heteroatoms. The number of methoxy groups -OCH3 is 1. The number of carbonyl (C=O) groups is 1. The average molecular weight is 541 g/mol. The Morgan fingerprint density at radius 2 is 2.05 bits per heavy atom. The van der Waals surface area contributed by atoms with Gasteiger partial charge in [0.15, 0.2) is 11.6 Å². The fourth-order valence-corrected chi connectivity index (χ4v) is 4.02. The van der Waals surface area contributed by atoms with E-state index in [-0.39, 0.29) is 12.5 Å². The Labute approximate surface area is 224 Å². The Hall–Kier alpha value is -3.93. The van der Waals surface area contributed by atoms with E-state index in [1.165, 1.54) is 0 Å². The van der Waals surface area contributed by atoms with Gasteiger partial charge in [-0.25, -0.2) is 9.78 Å². The number of rotatable bonds is 9. The fourth-order valence-electron chi connectivity index (χ4n) is 3.85. The number of anilines is 2. The number of alkyl halides is 1. The van der Waals surface area contributed by atoms with Crippen molar-refractivity contribution in [3.05, 3.63) is 47.2 Å². The van der Waals surface area contributed by atoms with Crippen molar-refractivity contribution < 1.29 is 18.8 Å². The molecule has 0 unspecified atom stereocenters. The monoisotopic (exact) mass is 540 g/mol. The number of nitrogens with one attached hydrogen (secondary N) is 2. The van der Waals surface area contributed by atoms with Crippen LogP contribution in [0.4, 0.5) is 16.6 Å². The van der Waals surface area contributed by atoms with Crippen molar-refractivity contribution in [2.24, 2.45) is 0 Å². The first kappa shape index (κ1) is 25.7. The van der Waals surface area contributed by atoms with E-state index in [0.717, 1.165) is 24.0 Å². The van der Waals surface area contributed by atoms with Gasteiger partial charge in [0, 0.05) is 17.4 Å². The maximum absolute atomic E-state index is 12.4. The van der Waals surface area contributed by atoms with Gasteiger partial charge in [-0.05, 0) is 45.2 Å². The number of nitrogens with zero attached hydrogens (tertiary/aromatic N) is 6. The molecule has 4 aromatic rings. The molecule has 5 rings (SSSR count). The zero-order valence-corrected chi connectivity index (χ0v) is 22.4. The van der Waals surface area contributed by atoms with Gasteiger partial charge in [0.2, 0.25) is 11.8 Å². The van der Waals surface area contributed by atoms with E-state index in [0.29, 0.717) is 52.7 Å². The summed E-state index contributed by atoms with van der Waals surface area (Å²) in [5, 5.41) is 14.5. The number of halogens is 1. The Morgan fingerprint density at radius 3 is 2.76 bits per heavy atom. The van der Waals surface area contributed by atoms with Gasteiger partial charge in [-0.15, -0.1) is 11.6 Å². The summed E-state index contributed by atoms with van der Waals surface area (Å²) in [5.41, 5.74) is 2.34. The second kappa shape index (κ2) is 10.4. The molecule has 1 aromatic carbocycles. The largest absolute Gasteiger partial charge is 0.496 e. The second-order valence-electron chi connectivity index (χ2n) is 10.0. The number of hydrogen-bond acceptors (Lipinski definition) is 10. The summed E-state index contributed by atoms with van der Waals surface area (Å²) in [4.78, 5) is 25.9. The van der Waals surface area contributed by atoms with Crippen molar-refractivity contribution in [2.45, 2.75) is 64.1 Å². The number of ether oxygens (including phenoxy) is 2. The van der Waals surface area contributed by atoms with Crippen molar-refractivity contribution in [3.63, 3.8) is 0 Å². The van der Waals surface area contributed by atoms with Gasteiger partial charge in [-0.3, -0.25) is 10.00 Å². The summed E-state index contributed by atoms with van der Waals surface area (Å²) < 4.78 is 18.1. The van der Waals surface area contributed by atoms with Gasteiger partial charge in [0.05, 0.1) is 26.4 Å². The number of amides is 1. The summed E-state index contributed by atoms with van der Waals surface area (Å²) in [6, 6.07) is 5.80. The Kier molecular flexibility index (Phi) is 7.06. The average Bonchev–Trinajstić information content (AvgIpc) is 3.48. The normalized spacial score (nSPS) is 13.5. The predicted molar refractivity (Wildman–Crippen MR) is 140 cm³/mol. The highest BCUT2D eigenvalue weighted by Gasteiger charge is 2.29. The Bertz CT molecular complexity index is 1460. The second-order valence-corrected chi connectivity index (χ2v) is 10.3. The first-order valence-corrected chi connectivity index (χ1v) is 12.8. The zero-order valence-electron chi connectivity index (χ0n) is 21.6. The van der Waals surface area contributed by atoms with Crippen molar-refractivity contribution in [1.82, 2.24) is 29.9 Å². The van der Waals surface area contributed by atoms with Crippen molar-refractivity contribution >= 4 is 40.5 Å². The molecule has 0 saturated heterocycles. The Morgan fingerprint density at radius 1 is 1.24 bits per heavy atom. The van der Waals surface area contributed by atoms with Gasteiger partial charge >= 0.3 is 6.09 Å². The number of carbonyl (C=O) groups excluding carboxylic acids is 1. The molecule has 1 aliphatic carbocycles. The topological polar surface area (TPSA) is 142 Å². The van der Waals surface area contributed by atoms with E-state index in [2.05, 4.69) is 35.8 Å². The van der Waals surface area contributed by atoms with Crippen molar-refractivity contribution in [2.75, 3.05) is 17.7 Å². The smallest absolute Gasteiger partial charge is 0.414 e. The standard InChI is InChI=1S/C25H29ClN8O4/c1-25(2,3)37-24(35)32-23-29-17-11-28-34(13-16-6-5-14(10-26)9-18(16)36-4)20(17)21(31-23)27-12-19-30-22(38-33-19)15-7-8-15/h5-6,9,11,15H,7-8,10,12-13H2,1-4H3,(H2,27,29,31,32,35). The molecular weight excluding hydrogens is 512 g/mol. The van der Waals surface area contributed by atoms with E-state index < -0.39 is 11.7 Å². The minimum Gasteiger partial charge on any atom is -0.496 e. The highest BCUT2D eigenvalue weighted by atomic mass is 35.5. The summed E-state index contributed by atoms with van der Waals surface area (Å²) >= 11 is 5.99. The lowest BCUT2D eigenvalue weighted by Crippen LogP contribution is -2.28. The highest BCUT2D eigenvalue weighted by molar-refractivity contribution is 6.17. The molecule has 0 aliphatic heterocycles. The molecule has 0 bridgehead atoms. The quantitative estimate of drug-likeness (QED) is 0.283. The van der Waals surface area contributed by atoms with Crippen LogP contribution >= 0.6 is 11.6 Å². The molecule has 200 valence electrons. The van der Waals surface area contributed by atoms with Crippen LogP contribution in [0, 0.1) is 0 Å². The molecule has 1 fully saturated rings. The first-order valence-electron chi connectivity index (χ1n) is 12.2. The van der Waals surface area contributed by atoms with Crippen LogP contribution in [-0.4, -0.2) is 48.7 Å². The van der Waals surface area contributed by atoms with Gasteiger partial charge in [0.1, 0.15) is 22.4 Å². The molecule has 3 aromatic heterocycles. The molecule has 0 atom stereocenters. The molecule has 3 heterocycles. The summed E-state index contributed by atoms with van der Waals surface area (Å²) in [6.07, 6.45) is 3.08. The molecule has 0 spiro atoms. The van der Waals surface area contributed by atoms with Crippen LogP contribution in [0.1, 0.15) is 62.4 Å². The van der Waals surface area contributed by atoms with Gasteiger partial charge in [-0.1, -0.05) is 17.3 Å². The summed E-state index contributed by atoms with van der Waals surface area (Å²) in [6.45, 7) is 5.99. The van der Waals surface area contributed by atoms with E-state index in [1.54, 1.807) is 38.8 Å². The van der Waals surface area contributed by atoms with Gasteiger partial charge in [0.25, 0.3) is 0 Å². The summed E-state index contributed by atoms with van der Waals surface area (Å²) in [7, 11) is 1.61. The molecule has 1 aliphatic rings. The highest BCUT2D eigenvalue weighted by Crippen LogP contribution is 2.38. The maximum Gasteiger partial charge on any atom is 0.414 e. The molecule has 12 nitrogen and oxygen atoms in total. The lowest BCUT2D eigenvalue weighted by Gasteiger charge is -2.19. The van der Waals surface area contributed by atoms with E-state index in [9.17, 15) is 4.79 Å². The number of benzene rings is 1. The van der Waals surface area contributed by atoms with Crippen LogP contribution in [0.15, 0.2) is 28.9 Å². The van der Waals surface area contributed by atoms with Crippen LogP contribution in [-0.2, 0) is 23.7 Å². The number of fused-ring (bicyclic) bond motifs is 1. The molecule has 38 heavy (non-hydrogen) atoms. The third-order valence-corrected chi connectivity index (χ3v) is 6.06. The fraction of sp³-hybridized carbons (Fsp3) is 0.440. The summed E-state index contributed by atoms with van der Waals surface area (Å²) in [5.74, 6) is 3.11. The third-order valence-electron chi connectivity index (χ3n) is 5.75. The zero-order chi connectivity index (χ0) is 26.9. The van der Waals surface area contributed by atoms with E-state index >= 15 is 0 Å². The lowest BCUT2D eigenvalue weighted by atomic mass is 10.1. The van der Waals surface area contributed by atoms with Crippen LogP contribution in [0.3, 0.4) is 0 Å². The van der Waals surface area contributed by atoms with E-state index in [1.807, 2.05) is 18.2 Å². The van der Waals surface area contributed by atoms with Crippen LogP contribution in [0.5, 0.6) is 5.75 Å². The van der Waals surface area contributed by atoms with Crippen LogP contribution < -0.4 is 15.4 Å². The molecule has 0 radical (unpaired) electrons. The predicted octanol–water partition coefficient (Wildman–Crippen LogP) is 4.84. The molecule has 1 saturated carbocycles. The minimum absolute atomic E-state index is 0.0737. The lowest BCUT2D eigenvalue weighted by molar-refractivity contribution is 0.0634. The minimum atomic E-state index is -0.671. The first-order chi connectivity index (χ1) is 18.2. The van der Waals surface area contributed by atoms with Crippen molar-refractivity contribution in [1.29, 1.82) is 0 Å². The molecular formula is C25H29ClN8O4. The SMILES string of the molecule is COc1cc(CCl)ccc1Cn1ncc2nc(NC(=O)OC(C)(C)C)nc(NCc3noc(C4CC4)n3)c21. The Balaban J connectivity index is 1.46. The van der Waals surface area contributed by atoms with Crippen molar-refractivity contribution in [3.8, 4) is 5.75 Å². The number of hydrogen-bond donors (Lipinski definition) is 2. The van der Waals surface area contributed by atoms with Crippen LogP contribution in [0.25, 0.3) is 11.0 Å². The van der Waals surface area contributed by atoms with Crippen LogP contribution in [0.2, 0.25) is 0 Å². The number of aromatic nitrogens is 6. The third kappa shape index (κ3) is 5.96. The van der Waals surface area contributed by atoms with Gasteiger partial charge in [-0.2, -0.15) is 15.1 Å².